The molecule has 3 aromatic rings. The maximum atomic E-state index is 12.8. The lowest BCUT2D eigenvalue weighted by molar-refractivity contribution is 0.00590. The van der Waals surface area contributed by atoms with E-state index in [2.05, 4.69) is 16.6 Å². The first-order valence-electron chi connectivity index (χ1n) is 10.3. The number of nitrogens with one attached hydrogen (secondary N) is 1. The van der Waals surface area contributed by atoms with Crippen LogP contribution in [0.3, 0.4) is 0 Å². The van der Waals surface area contributed by atoms with Crippen molar-refractivity contribution in [2.75, 3.05) is 17.8 Å². The Bertz CT molecular complexity index is 1180. The second-order valence-corrected chi connectivity index (χ2v) is 9.71. The highest BCUT2D eigenvalue weighted by Gasteiger charge is 2.29. The molecule has 1 aromatic heterocycles. The summed E-state index contributed by atoms with van der Waals surface area (Å²) in [6, 6.07) is 14.7. The lowest BCUT2D eigenvalue weighted by Crippen LogP contribution is -2.53. The molecule has 2 heterocycles. The Morgan fingerprint density at radius 3 is 2.32 bits per heavy atom. The van der Waals surface area contributed by atoms with Gasteiger partial charge in [-0.15, -0.1) is 0 Å². The number of aromatic nitrogens is 1. The van der Waals surface area contributed by atoms with Crippen LogP contribution in [0.15, 0.2) is 65.7 Å². The summed E-state index contributed by atoms with van der Waals surface area (Å²) >= 11 is 0. The van der Waals surface area contributed by atoms with Crippen LogP contribution in [0, 0.1) is 5.92 Å². The summed E-state index contributed by atoms with van der Waals surface area (Å²) in [5, 5.41) is 10.0. The molecule has 0 bridgehead atoms. The highest BCUT2D eigenvalue weighted by molar-refractivity contribution is 7.93. The van der Waals surface area contributed by atoms with Crippen LogP contribution in [0.25, 0.3) is 10.9 Å². The number of carbonyl (C=O) groups excluding carboxylic acids is 1. The van der Waals surface area contributed by atoms with E-state index in [9.17, 15) is 18.3 Å². The lowest BCUT2D eigenvalue weighted by Gasteiger charge is -2.35. The van der Waals surface area contributed by atoms with Crippen LogP contribution in [-0.4, -0.2) is 48.5 Å². The van der Waals surface area contributed by atoms with E-state index in [1.54, 1.807) is 54.7 Å². The number of hydrogen-bond acceptors (Lipinski definition) is 5. The molecule has 0 radical (unpaired) electrons. The average Bonchev–Trinajstić information content (AvgIpc) is 3.53. The van der Waals surface area contributed by atoms with Crippen molar-refractivity contribution in [2.45, 2.75) is 30.8 Å². The molecule has 7 nitrogen and oxygen atoms in total. The van der Waals surface area contributed by atoms with Crippen LogP contribution in [0.2, 0.25) is 0 Å². The number of β-amino-alcohol motifs (C(OH)–C–C–N with tert-alkyl or cyclic N) is 1. The van der Waals surface area contributed by atoms with Gasteiger partial charge in [0.2, 0.25) is 0 Å². The Morgan fingerprint density at radius 1 is 1.06 bits per heavy atom. The molecule has 2 N–H and O–H groups in total. The zero-order valence-electron chi connectivity index (χ0n) is 17.2. The van der Waals surface area contributed by atoms with Crippen molar-refractivity contribution >= 4 is 32.5 Å². The molecular weight excluding hydrogens is 414 g/mol. The van der Waals surface area contributed by atoms with E-state index in [1.807, 2.05) is 0 Å². The minimum Gasteiger partial charge on any atom is -0.389 e. The molecule has 2 fully saturated rings. The van der Waals surface area contributed by atoms with Gasteiger partial charge in [-0.25, -0.2) is 8.42 Å². The van der Waals surface area contributed by atoms with E-state index in [1.165, 1.54) is 23.8 Å². The molecule has 1 aliphatic heterocycles. The van der Waals surface area contributed by atoms with E-state index in [0.717, 1.165) is 11.3 Å². The topological polar surface area (TPSA) is 99.6 Å². The molecule has 0 spiro atoms. The van der Waals surface area contributed by atoms with Crippen LogP contribution in [0.1, 0.15) is 30.1 Å². The van der Waals surface area contributed by atoms with Gasteiger partial charge in [-0.3, -0.25) is 14.5 Å². The number of amides is 1. The number of aliphatic hydroxyl groups excluding tert-OH is 1. The molecule has 2 aliphatic rings. The second-order valence-electron chi connectivity index (χ2n) is 8.06. The number of anilines is 1. The van der Waals surface area contributed by atoms with Crippen molar-refractivity contribution in [1.29, 1.82) is 0 Å². The standard InChI is InChI=1S/C19H17N3O4S.C4H8/c23-16-11-22(12-16)19(24)14-6-8-15(9-7-14)21-27(25,26)17-5-1-3-13-4-2-10-20-18(13)17;1-4-2-3-4/h1-10,16,21,23H,11-12H2;4H,2-3H2,1H3. The summed E-state index contributed by atoms with van der Waals surface area (Å²) in [4.78, 5) is 18.0. The number of hydrogen-bond donors (Lipinski definition) is 2. The minimum absolute atomic E-state index is 0.0929. The van der Waals surface area contributed by atoms with Crippen molar-refractivity contribution in [2.24, 2.45) is 5.92 Å². The van der Waals surface area contributed by atoms with Gasteiger partial charge in [0, 0.05) is 35.9 Å². The van der Waals surface area contributed by atoms with E-state index in [-0.39, 0.29) is 10.8 Å². The van der Waals surface area contributed by atoms with Gasteiger partial charge in [0.25, 0.3) is 15.9 Å². The number of para-hydroxylation sites is 1. The molecular formula is C23H25N3O4S. The summed E-state index contributed by atoms with van der Waals surface area (Å²) < 4.78 is 28.1. The molecule has 1 amide bonds. The minimum atomic E-state index is -3.83. The number of sulfonamides is 1. The molecule has 1 aliphatic carbocycles. The van der Waals surface area contributed by atoms with Crippen LogP contribution >= 0.6 is 0 Å². The predicted molar refractivity (Wildman–Crippen MR) is 119 cm³/mol. The molecule has 1 saturated heterocycles. The van der Waals surface area contributed by atoms with Gasteiger partial charge in [-0.1, -0.05) is 38.0 Å². The third-order valence-electron chi connectivity index (χ3n) is 5.28. The first-order chi connectivity index (χ1) is 14.8. The average molecular weight is 440 g/mol. The number of nitrogens with zero attached hydrogens (tertiary/aromatic N) is 2. The third-order valence-corrected chi connectivity index (χ3v) is 6.70. The van der Waals surface area contributed by atoms with Crippen LogP contribution < -0.4 is 4.72 Å². The third kappa shape index (κ3) is 5.03. The Kier molecular flexibility index (Phi) is 5.93. The molecule has 8 heteroatoms. The van der Waals surface area contributed by atoms with Gasteiger partial charge in [-0.05, 0) is 42.3 Å². The second kappa shape index (κ2) is 8.64. The van der Waals surface area contributed by atoms with Crippen LogP contribution in [0.4, 0.5) is 5.69 Å². The molecule has 2 aromatic carbocycles. The van der Waals surface area contributed by atoms with E-state index >= 15 is 0 Å². The maximum absolute atomic E-state index is 12.8. The highest BCUT2D eigenvalue weighted by Crippen LogP contribution is 2.26. The zero-order chi connectivity index (χ0) is 22.0. The smallest absolute Gasteiger partial charge is 0.264 e. The van der Waals surface area contributed by atoms with Gasteiger partial charge in [0.1, 0.15) is 4.90 Å². The van der Waals surface area contributed by atoms with Crippen LogP contribution in [0.5, 0.6) is 0 Å². The summed E-state index contributed by atoms with van der Waals surface area (Å²) in [7, 11) is -3.83. The maximum Gasteiger partial charge on any atom is 0.264 e. The number of aliphatic hydroxyl groups is 1. The van der Waals surface area contributed by atoms with Gasteiger partial charge < -0.3 is 10.0 Å². The van der Waals surface area contributed by atoms with Crippen molar-refractivity contribution in [3.05, 3.63) is 66.4 Å². The summed E-state index contributed by atoms with van der Waals surface area (Å²) in [6.45, 7) is 2.92. The monoisotopic (exact) mass is 439 g/mol. The fourth-order valence-electron chi connectivity index (χ4n) is 3.15. The first kappa shape index (κ1) is 21.3. The number of likely N-dealkylation sites (tertiary alicyclic amines) is 1. The Morgan fingerprint density at radius 2 is 1.71 bits per heavy atom. The fraction of sp³-hybridized carbons (Fsp3) is 0.304. The fourth-order valence-corrected chi connectivity index (χ4v) is 4.39. The van der Waals surface area contributed by atoms with Gasteiger partial charge in [0.05, 0.1) is 11.6 Å². The Hall–Kier alpha value is -2.97. The van der Waals surface area contributed by atoms with E-state index in [0.29, 0.717) is 29.9 Å². The molecule has 5 rings (SSSR count). The molecule has 31 heavy (non-hydrogen) atoms. The lowest BCUT2D eigenvalue weighted by atomic mass is 10.1. The van der Waals surface area contributed by atoms with Crippen molar-refractivity contribution < 1.29 is 18.3 Å². The highest BCUT2D eigenvalue weighted by atomic mass is 32.2. The van der Waals surface area contributed by atoms with Crippen molar-refractivity contribution in [3.8, 4) is 0 Å². The number of pyridine rings is 1. The van der Waals surface area contributed by atoms with Gasteiger partial charge in [0.15, 0.2) is 0 Å². The first-order valence-corrected chi connectivity index (χ1v) is 11.8. The van der Waals surface area contributed by atoms with Gasteiger partial charge in [-0.2, -0.15) is 0 Å². The summed E-state index contributed by atoms with van der Waals surface area (Å²) in [5.74, 6) is 0.896. The van der Waals surface area contributed by atoms with E-state index in [4.69, 9.17) is 0 Å². The van der Waals surface area contributed by atoms with E-state index < -0.39 is 16.1 Å². The predicted octanol–water partition coefficient (Wildman–Crippen LogP) is 3.27. The summed E-state index contributed by atoms with van der Waals surface area (Å²) in [6.07, 6.45) is 4.06. The molecule has 162 valence electrons. The molecule has 0 unspecified atom stereocenters. The van der Waals surface area contributed by atoms with Gasteiger partial charge >= 0.3 is 0 Å². The number of carbonyl (C=O) groups is 1. The number of benzene rings is 2. The number of fused-ring (bicyclic) bond motifs is 1. The molecule has 1 saturated carbocycles. The van der Waals surface area contributed by atoms with Crippen LogP contribution in [-0.2, 0) is 10.0 Å². The molecule has 0 atom stereocenters. The Labute approximate surface area is 181 Å². The quantitative estimate of drug-likeness (QED) is 0.650. The normalized spacial score (nSPS) is 16.3. The summed E-state index contributed by atoms with van der Waals surface area (Å²) in [5.41, 5.74) is 1.19. The Balaban J connectivity index is 0.000000520. The van der Waals surface area contributed by atoms with Crippen molar-refractivity contribution in [3.63, 3.8) is 0 Å². The number of rotatable bonds is 4. The zero-order valence-corrected chi connectivity index (χ0v) is 18.0. The largest absolute Gasteiger partial charge is 0.389 e. The van der Waals surface area contributed by atoms with Crippen molar-refractivity contribution in [1.82, 2.24) is 9.88 Å². The SMILES string of the molecule is CC1CC1.O=C(c1ccc(NS(=O)(=O)c2cccc3cccnc23)cc1)N1CC(O)C1.